The summed E-state index contributed by atoms with van der Waals surface area (Å²) < 4.78 is 33.4. The number of carboxylic acids is 2. The normalized spacial score (nSPS) is 14.5. The second-order valence-corrected chi connectivity index (χ2v) is 9.79. The molecule has 0 aromatic heterocycles. The van der Waals surface area contributed by atoms with E-state index in [1.54, 1.807) is 7.11 Å². The van der Waals surface area contributed by atoms with Crippen LogP contribution in [0.25, 0.3) is 0 Å². The van der Waals surface area contributed by atoms with E-state index in [1.807, 2.05) is 18.2 Å². The summed E-state index contributed by atoms with van der Waals surface area (Å²) >= 11 is 3.45. The number of nitro benzene ring substituents is 1. The van der Waals surface area contributed by atoms with Gasteiger partial charge in [0.1, 0.15) is 5.75 Å². The average molecular weight is 560 g/mol. The van der Waals surface area contributed by atoms with Crippen LogP contribution in [0.2, 0.25) is 0 Å². The Morgan fingerprint density at radius 1 is 1.09 bits per heavy atom. The molecule has 0 spiro atoms. The second kappa shape index (κ2) is 11.9. The molecule has 2 aromatic carbocycles. The quantitative estimate of drug-likeness (QED) is 0.303. The van der Waals surface area contributed by atoms with Crippen LogP contribution >= 0.6 is 15.9 Å². The molecular formula is C20H22BrN3O9S. The van der Waals surface area contributed by atoms with Gasteiger partial charge in [0.15, 0.2) is 4.90 Å². The molecule has 184 valence electrons. The lowest BCUT2D eigenvalue weighted by molar-refractivity contribution is -0.387. The van der Waals surface area contributed by atoms with Gasteiger partial charge < -0.3 is 14.9 Å². The van der Waals surface area contributed by atoms with Gasteiger partial charge >= 0.3 is 11.9 Å². The second-order valence-electron chi connectivity index (χ2n) is 6.97. The van der Waals surface area contributed by atoms with Crippen molar-refractivity contribution in [3.8, 4) is 5.75 Å². The zero-order chi connectivity index (χ0) is 25.5. The lowest BCUT2D eigenvalue weighted by Gasteiger charge is -2.34. The first-order chi connectivity index (χ1) is 16.0. The van der Waals surface area contributed by atoms with E-state index in [0.717, 1.165) is 15.8 Å². The van der Waals surface area contributed by atoms with E-state index in [4.69, 9.17) is 24.5 Å². The summed E-state index contributed by atoms with van der Waals surface area (Å²) in [5, 5.41) is 26.0. The fourth-order valence-corrected chi connectivity index (χ4v) is 5.19. The number of halogens is 1. The molecule has 1 aliphatic heterocycles. The molecule has 0 radical (unpaired) electrons. The van der Waals surface area contributed by atoms with Crippen LogP contribution in [0.15, 0.2) is 51.8 Å². The summed E-state index contributed by atoms with van der Waals surface area (Å²) in [4.78, 5) is 30.6. The Morgan fingerprint density at radius 3 is 2.21 bits per heavy atom. The molecule has 34 heavy (non-hydrogen) atoms. The van der Waals surface area contributed by atoms with E-state index in [0.29, 0.717) is 19.6 Å². The molecule has 2 aromatic rings. The van der Waals surface area contributed by atoms with Gasteiger partial charge in [-0.3, -0.25) is 15.0 Å². The van der Waals surface area contributed by atoms with Gasteiger partial charge in [-0.25, -0.2) is 18.0 Å². The number of ether oxygens (including phenoxy) is 1. The first-order valence-electron chi connectivity index (χ1n) is 9.72. The molecule has 1 saturated heterocycles. The number of aliphatic carboxylic acids is 2. The number of hydrogen-bond acceptors (Lipinski definition) is 8. The van der Waals surface area contributed by atoms with Crippen LogP contribution in [0, 0.1) is 10.1 Å². The molecule has 0 bridgehead atoms. The Kier molecular flexibility index (Phi) is 9.49. The van der Waals surface area contributed by atoms with Gasteiger partial charge in [-0.1, -0.05) is 28.1 Å². The highest BCUT2D eigenvalue weighted by atomic mass is 79.9. The molecule has 0 unspecified atom stereocenters. The summed E-state index contributed by atoms with van der Waals surface area (Å²) in [6, 6.07) is 11.2. The first-order valence-corrected chi connectivity index (χ1v) is 11.9. The number of piperazine rings is 1. The van der Waals surface area contributed by atoms with Gasteiger partial charge in [-0.2, -0.15) is 4.31 Å². The molecule has 1 fully saturated rings. The number of methoxy groups -OCH3 is 1. The Balaban J connectivity index is 0.000000604. The number of nitrogens with zero attached hydrogens (tertiary/aromatic N) is 3. The number of carbonyl (C=O) groups is 2. The van der Waals surface area contributed by atoms with Crippen molar-refractivity contribution >= 4 is 43.6 Å². The van der Waals surface area contributed by atoms with Gasteiger partial charge in [-0.15, -0.1) is 0 Å². The predicted octanol–water partition coefficient (Wildman–Crippen LogP) is 2.03. The number of rotatable bonds is 6. The van der Waals surface area contributed by atoms with E-state index in [-0.39, 0.29) is 18.0 Å². The number of hydrogen-bond donors (Lipinski definition) is 2. The molecule has 0 saturated carbocycles. The van der Waals surface area contributed by atoms with Crippen LogP contribution in [-0.4, -0.2) is 78.0 Å². The highest BCUT2D eigenvalue weighted by Gasteiger charge is 2.33. The summed E-state index contributed by atoms with van der Waals surface area (Å²) in [6.07, 6.45) is 0. The molecule has 2 N–H and O–H groups in total. The lowest BCUT2D eigenvalue weighted by Crippen LogP contribution is -2.48. The highest BCUT2D eigenvalue weighted by Crippen LogP contribution is 2.28. The minimum absolute atomic E-state index is 0.262. The summed E-state index contributed by atoms with van der Waals surface area (Å²) in [5.41, 5.74) is 0.607. The van der Waals surface area contributed by atoms with Crippen LogP contribution < -0.4 is 4.74 Å². The zero-order valence-electron chi connectivity index (χ0n) is 18.0. The minimum atomic E-state index is -3.92. The third-order valence-corrected chi connectivity index (χ3v) is 7.27. The van der Waals surface area contributed by atoms with Crippen molar-refractivity contribution in [3.63, 3.8) is 0 Å². The van der Waals surface area contributed by atoms with Gasteiger partial charge in [0.05, 0.1) is 12.0 Å². The largest absolute Gasteiger partial charge is 0.496 e. The Labute approximate surface area is 203 Å². The standard InChI is InChI=1S/C18H20BrN3O5S.C2H2O4/c1-27-17-7-6-15(19)12-14(17)13-20-8-10-21(11-9-20)28(25,26)18-5-3-2-4-16(18)22(23)24;3-1(4)2(5)6/h2-7,12H,8-11,13H2,1H3;(H,3,4)(H,5,6). The van der Waals surface area contributed by atoms with Crippen LogP contribution in [0.4, 0.5) is 5.69 Å². The van der Waals surface area contributed by atoms with E-state index in [1.165, 1.54) is 28.6 Å². The highest BCUT2D eigenvalue weighted by molar-refractivity contribution is 9.10. The van der Waals surface area contributed by atoms with Gasteiger partial charge in [0.2, 0.25) is 10.0 Å². The van der Waals surface area contributed by atoms with E-state index in [9.17, 15) is 18.5 Å². The third kappa shape index (κ3) is 6.96. The SMILES string of the molecule is COc1ccc(Br)cc1CN1CCN(S(=O)(=O)c2ccccc2[N+](=O)[O-])CC1.O=C(O)C(=O)O. The van der Waals surface area contributed by atoms with Gasteiger partial charge in [0, 0.05) is 48.8 Å². The van der Waals surface area contributed by atoms with Crippen LogP contribution in [0.5, 0.6) is 5.75 Å². The van der Waals surface area contributed by atoms with Crippen molar-refractivity contribution in [2.75, 3.05) is 33.3 Å². The van der Waals surface area contributed by atoms with Crippen molar-refractivity contribution in [1.82, 2.24) is 9.21 Å². The van der Waals surface area contributed by atoms with Gasteiger partial charge in [-0.05, 0) is 24.3 Å². The van der Waals surface area contributed by atoms with Crippen molar-refractivity contribution < 1.29 is 37.9 Å². The maximum Gasteiger partial charge on any atom is 0.414 e. The van der Waals surface area contributed by atoms with Crippen molar-refractivity contribution in [3.05, 3.63) is 62.6 Å². The molecule has 0 atom stereocenters. The zero-order valence-corrected chi connectivity index (χ0v) is 20.4. The van der Waals surface area contributed by atoms with Crippen molar-refractivity contribution in [2.45, 2.75) is 11.4 Å². The fraction of sp³-hybridized carbons (Fsp3) is 0.300. The number of para-hydroxylation sites is 1. The topological polar surface area (TPSA) is 168 Å². The monoisotopic (exact) mass is 559 g/mol. The third-order valence-electron chi connectivity index (χ3n) is 4.83. The molecule has 14 heteroatoms. The molecule has 1 aliphatic rings. The first kappa shape index (κ1) is 27.2. The van der Waals surface area contributed by atoms with Crippen LogP contribution in [-0.2, 0) is 26.2 Å². The van der Waals surface area contributed by atoms with E-state index >= 15 is 0 Å². The maximum atomic E-state index is 12.9. The van der Waals surface area contributed by atoms with Crippen molar-refractivity contribution in [1.29, 1.82) is 0 Å². The molecule has 0 aliphatic carbocycles. The predicted molar refractivity (Wildman–Crippen MR) is 123 cm³/mol. The Morgan fingerprint density at radius 2 is 1.68 bits per heavy atom. The summed E-state index contributed by atoms with van der Waals surface area (Å²) in [5.74, 6) is -2.87. The van der Waals surface area contributed by atoms with Crippen molar-refractivity contribution in [2.24, 2.45) is 0 Å². The number of carboxylic acid groups (broad SMARTS) is 2. The van der Waals surface area contributed by atoms with Gasteiger partial charge in [0.25, 0.3) is 5.69 Å². The fourth-order valence-electron chi connectivity index (χ4n) is 3.20. The molecule has 3 rings (SSSR count). The van der Waals surface area contributed by atoms with E-state index in [2.05, 4.69) is 20.8 Å². The smallest absolute Gasteiger partial charge is 0.414 e. The van der Waals surface area contributed by atoms with Crippen LogP contribution in [0.3, 0.4) is 0 Å². The summed E-state index contributed by atoms with van der Waals surface area (Å²) in [7, 11) is -2.31. The average Bonchev–Trinajstić information content (AvgIpc) is 2.80. The Bertz CT molecular complexity index is 1150. The lowest BCUT2D eigenvalue weighted by atomic mass is 10.2. The minimum Gasteiger partial charge on any atom is -0.496 e. The summed E-state index contributed by atoms with van der Waals surface area (Å²) in [6.45, 7) is 2.21. The molecular weight excluding hydrogens is 538 g/mol. The van der Waals surface area contributed by atoms with E-state index < -0.39 is 32.6 Å². The van der Waals surface area contributed by atoms with Crippen LogP contribution in [0.1, 0.15) is 5.56 Å². The Hall–Kier alpha value is -3.07. The number of nitro groups is 1. The molecule has 12 nitrogen and oxygen atoms in total. The molecule has 1 heterocycles. The maximum absolute atomic E-state index is 12.9. The number of benzene rings is 2. The number of sulfonamides is 1. The molecule has 0 amide bonds.